The van der Waals surface area contributed by atoms with Crippen LogP contribution in [0.4, 0.5) is 22.7 Å². The van der Waals surface area contributed by atoms with E-state index in [0.29, 0.717) is 22.1 Å². The number of carbonyl (C=O) groups is 2. The van der Waals surface area contributed by atoms with Crippen LogP contribution in [-0.2, 0) is 9.59 Å². The van der Waals surface area contributed by atoms with Crippen LogP contribution < -0.4 is 26.0 Å². The number of nitrogens with one attached hydrogen (secondary N) is 3. The highest BCUT2D eigenvalue weighted by molar-refractivity contribution is 6.33. The molecule has 0 aliphatic carbocycles. The monoisotopic (exact) mass is 518 g/mol. The van der Waals surface area contributed by atoms with Crippen LogP contribution in [0.2, 0.25) is 5.02 Å². The molecular formula is C28H31ClN6O2. The van der Waals surface area contributed by atoms with Gasteiger partial charge in [-0.3, -0.25) is 15.0 Å². The maximum absolute atomic E-state index is 14.1. The number of benzene rings is 3. The number of rotatable bonds is 8. The highest BCUT2D eigenvalue weighted by Crippen LogP contribution is 2.32. The van der Waals surface area contributed by atoms with Crippen molar-refractivity contribution in [3.8, 4) is 0 Å². The Bertz CT molecular complexity index is 1330. The van der Waals surface area contributed by atoms with Gasteiger partial charge in [-0.05, 0) is 68.8 Å². The summed E-state index contributed by atoms with van der Waals surface area (Å²) in [7, 11) is 0. The molecule has 192 valence electrons. The molecule has 0 saturated carbocycles. The second-order valence-electron chi connectivity index (χ2n) is 8.73. The van der Waals surface area contributed by atoms with Crippen molar-refractivity contribution in [1.29, 1.82) is 0 Å². The summed E-state index contributed by atoms with van der Waals surface area (Å²) in [5.41, 5.74) is 5.13. The van der Waals surface area contributed by atoms with E-state index < -0.39 is 17.5 Å². The van der Waals surface area contributed by atoms with E-state index in [1.54, 1.807) is 36.4 Å². The first-order valence-corrected chi connectivity index (χ1v) is 12.6. The van der Waals surface area contributed by atoms with Crippen molar-refractivity contribution in [2.24, 2.45) is 4.99 Å². The lowest BCUT2D eigenvalue weighted by atomic mass is 10.1. The van der Waals surface area contributed by atoms with E-state index in [0.717, 1.165) is 24.3 Å². The Hall–Kier alpha value is -4.04. The normalized spacial score (nSPS) is 18.0. The third-order valence-electron chi connectivity index (χ3n) is 6.22. The lowest BCUT2D eigenvalue weighted by molar-refractivity contribution is -0.126. The van der Waals surface area contributed by atoms with Crippen molar-refractivity contribution >= 4 is 52.0 Å². The second-order valence-corrected chi connectivity index (χ2v) is 9.13. The molecule has 1 saturated heterocycles. The van der Waals surface area contributed by atoms with Gasteiger partial charge in [0.15, 0.2) is 5.84 Å². The smallest absolute Gasteiger partial charge is 0.300 e. The van der Waals surface area contributed by atoms with E-state index in [4.69, 9.17) is 16.6 Å². The van der Waals surface area contributed by atoms with Gasteiger partial charge in [0.05, 0.1) is 16.4 Å². The Morgan fingerprint density at radius 3 is 2.35 bits per heavy atom. The number of halogens is 1. The molecule has 0 radical (unpaired) electrons. The van der Waals surface area contributed by atoms with Crippen LogP contribution in [0.5, 0.6) is 0 Å². The third-order valence-corrected chi connectivity index (χ3v) is 6.54. The minimum Gasteiger partial charge on any atom is -0.372 e. The number of nitrogens with zero attached hydrogens (tertiary/aromatic N) is 3. The van der Waals surface area contributed by atoms with E-state index in [-0.39, 0.29) is 5.84 Å². The summed E-state index contributed by atoms with van der Waals surface area (Å²) in [6.45, 7) is 9.29. The first-order chi connectivity index (χ1) is 17.8. The number of amides is 2. The number of hydrogen-bond acceptors (Lipinski definition) is 5. The molecule has 0 aromatic heterocycles. The van der Waals surface area contributed by atoms with Crippen molar-refractivity contribution < 1.29 is 9.59 Å². The number of anilines is 3. The van der Waals surface area contributed by atoms with Crippen LogP contribution in [0.1, 0.15) is 26.3 Å². The number of aliphatic imine (C=N–C) groups is 1. The highest BCUT2D eigenvalue weighted by atomic mass is 35.5. The molecule has 2 amide bonds. The Labute approximate surface area is 222 Å². The molecule has 37 heavy (non-hydrogen) atoms. The standard InChI is InChI=1S/C28H31ClN6O2/c1-5-34(6-2)22-16-17-24(19(3)18-22)32-28(31-20(4)36)26(30-25-15-11-10-14-23(25)29)33-35(27(28)37)21-12-8-7-9-13-21/h7-18,32H,5-6H2,1-4H3,(H,30,33)(H,31,36). The topological polar surface area (TPSA) is 89.1 Å². The summed E-state index contributed by atoms with van der Waals surface area (Å²) in [5, 5.41) is 7.95. The van der Waals surface area contributed by atoms with Gasteiger partial charge in [0.2, 0.25) is 5.91 Å². The number of hydrogen-bond donors (Lipinski definition) is 3. The highest BCUT2D eigenvalue weighted by Gasteiger charge is 2.54. The predicted molar refractivity (Wildman–Crippen MR) is 151 cm³/mol. The number of para-hydroxylation sites is 2. The Morgan fingerprint density at radius 2 is 1.73 bits per heavy atom. The van der Waals surface area contributed by atoms with Crippen LogP contribution in [0.25, 0.3) is 0 Å². The Kier molecular flexibility index (Phi) is 7.69. The van der Waals surface area contributed by atoms with Crippen molar-refractivity contribution in [1.82, 2.24) is 10.7 Å². The Balaban J connectivity index is 1.86. The zero-order chi connectivity index (χ0) is 26.6. The largest absolute Gasteiger partial charge is 0.372 e. The van der Waals surface area contributed by atoms with Crippen molar-refractivity contribution in [2.45, 2.75) is 33.4 Å². The summed E-state index contributed by atoms with van der Waals surface area (Å²) in [4.78, 5) is 33.6. The minimum absolute atomic E-state index is 0.192. The van der Waals surface area contributed by atoms with Crippen LogP contribution in [-0.4, -0.2) is 36.4 Å². The molecule has 4 rings (SSSR count). The fourth-order valence-corrected chi connectivity index (χ4v) is 4.51. The molecule has 1 unspecified atom stereocenters. The van der Waals surface area contributed by atoms with Gasteiger partial charge in [-0.2, -0.15) is 0 Å². The molecule has 3 aromatic rings. The van der Waals surface area contributed by atoms with Crippen molar-refractivity contribution in [3.63, 3.8) is 0 Å². The van der Waals surface area contributed by atoms with Gasteiger partial charge in [0.1, 0.15) is 0 Å². The summed E-state index contributed by atoms with van der Waals surface area (Å²) in [5.74, 6) is -0.648. The van der Waals surface area contributed by atoms with Crippen LogP contribution in [0, 0.1) is 6.92 Å². The van der Waals surface area contributed by atoms with Crippen LogP contribution in [0.3, 0.4) is 0 Å². The predicted octanol–water partition coefficient (Wildman–Crippen LogP) is 5.02. The van der Waals surface area contributed by atoms with Gasteiger partial charge >= 0.3 is 0 Å². The average molecular weight is 519 g/mol. The van der Waals surface area contributed by atoms with Gasteiger partial charge < -0.3 is 15.5 Å². The molecular weight excluding hydrogens is 488 g/mol. The van der Waals surface area contributed by atoms with Crippen LogP contribution in [0.15, 0.2) is 77.8 Å². The number of amidine groups is 1. The fourth-order valence-electron chi connectivity index (χ4n) is 4.34. The molecule has 1 fully saturated rings. The summed E-state index contributed by atoms with van der Waals surface area (Å²) in [6.07, 6.45) is 0. The number of carbonyl (C=O) groups excluding carboxylic acids is 2. The summed E-state index contributed by atoms with van der Waals surface area (Å²) < 4.78 is 0. The molecule has 0 spiro atoms. The maximum atomic E-state index is 14.1. The molecule has 1 aliphatic heterocycles. The van der Waals surface area contributed by atoms with Gasteiger partial charge in [0, 0.05) is 31.4 Å². The maximum Gasteiger partial charge on any atom is 0.300 e. The molecule has 3 aromatic carbocycles. The van der Waals surface area contributed by atoms with Gasteiger partial charge in [-0.1, -0.05) is 41.9 Å². The second kappa shape index (κ2) is 10.9. The van der Waals surface area contributed by atoms with Crippen LogP contribution >= 0.6 is 11.6 Å². The van der Waals surface area contributed by atoms with Gasteiger partial charge in [-0.15, -0.1) is 0 Å². The molecule has 1 atom stereocenters. The molecule has 8 nitrogen and oxygen atoms in total. The summed E-state index contributed by atoms with van der Waals surface area (Å²) in [6, 6.07) is 22.2. The van der Waals surface area contributed by atoms with Gasteiger partial charge in [0.25, 0.3) is 11.6 Å². The Morgan fingerprint density at radius 1 is 1.05 bits per heavy atom. The van der Waals surface area contributed by atoms with Crippen molar-refractivity contribution in [2.75, 3.05) is 28.3 Å². The molecule has 0 bridgehead atoms. The quantitative estimate of drug-likeness (QED) is 0.364. The first kappa shape index (κ1) is 26.0. The van der Waals surface area contributed by atoms with E-state index in [1.807, 2.05) is 37.3 Å². The zero-order valence-electron chi connectivity index (χ0n) is 21.4. The van der Waals surface area contributed by atoms with E-state index in [9.17, 15) is 9.59 Å². The van der Waals surface area contributed by atoms with E-state index in [2.05, 4.69) is 40.9 Å². The van der Waals surface area contributed by atoms with E-state index in [1.165, 1.54) is 11.9 Å². The van der Waals surface area contributed by atoms with E-state index >= 15 is 0 Å². The lowest BCUT2D eigenvalue weighted by Gasteiger charge is -2.30. The van der Waals surface area contributed by atoms with Gasteiger partial charge in [-0.25, -0.2) is 10.0 Å². The molecule has 1 aliphatic rings. The molecule has 9 heteroatoms. The summed E-state index contributed by atoms with van der Waals surface area (Å²) >= 11 is 6.41. The SMILES string of the molecule is CCN(CC)c1ccc(NC2(NC(C)=O)C(=O)N(c3ccccc3)NC2=Nc2ccccc2Cl)c(C)c1. The third kappa shape index (κ3) is 5.24. The minimum atomic E-state index is -1.71. The average Bonchev–Trinajstić information content (AvgIpc) is 3.14. The number of hydrazine groups is 1. The zero-order valence-corrected chi connectivity index (χ0v) is 22.1. The number of aryl methyl sites for hydroxylation is 1. The van der Waals surface area contributed by atoms with Crippen molar-refractivity contribution in [3.05, 3.63) is 83.4 Å². The lowest BCUT2D eigenvalue weighted by Crippen LogP contribution is -2.63. The molecule has 1 heterocycles. The molecule has 3 N–H and O–H groups in total. The first-order valence-electron chi connectivity index (χ1n) is 12.2. The fraction of sp³-hybridized carbons (Fsp3) is 0.250.